The number of hydrogen-bond donors (Lipinski definition) is 1. The van der Waals surface area contributed by atoms with Crippen molar-refractivity contribution in [2.24, 2.45) is 0 Å². The van der Waals surface area contributed by atoms with E-state index in [9.17, 15) is 0 Å². The molecule has 4 heteroatoms. The first kappa shape index (κ1) is 15.6. The van der Waals surface area contributed by atoms with Crippen molar-refractivity contribution in [2.45, 2.75) is 58.8 Å². The van der Waals surface area contributed by atoms with Crippen LogP contribution in [-0.4, -0.2) is 24.9 Å². The molecular formula is C16H26BNO2. The van der Waals surface area contributed by atoms with Crippen molar-refractivity contribution in [3.05, 3.63) is 29.8 Å². The van der Waals surface area contributed by atoms with Gasteiger partial charge in [0.2, 0.25) is 0 Å². The number of benzene rings is 1. The molecule has 0 bridgehead atoms. The lowest BCUT2D eigenvalue weighted by Gasteiger charge is -2.32. The zero-order valence-electron chi connectivity index (χ0n) is 13.3. The lowest BCUT2D eigenvalue weighted by molar-refractivity contribution is 0.00578. The Bertz CT molecular complexity index is 444. The highest BCUT2D eigenvalue weighted by molar-refractivity contribution is 6.62. The molecule has 3 nitrogen and oxygen atoms in total. The summed E-state index contributed by atoms with van der Waals surface area (Å²) in [4.78, 5) is 0. The quantitative estimate of drug-likeness (QED) is 0.661. The van der Waals surface area contributed by atoms with Crippen LogP contribution in [0.5, 0.6) is 0 Å². The van der Waals surface area contributed by atoms with Crippen LogP contribution in [0, 0.1) is 0 Å². The Labute approximate surface area is 123 Å². The van der Waals surface area contributed by atoms with Gasteiger partial charge in [0.15, 0.2) is 0 Å². The second-order valence-electron chi connectivity index (χ2n) is 6.46. The van der Waals surface area contributed by atoms with Crippen molar-refractivity contribution in [3.8, 4) is 0 Å². The number of hydrogen-bond acceptors (Lipinski definition) is 3. The predicted octanol–water partition coefficient (Wildman–Crippen LogP) is 2.49. The Kier molecular flexibility index (Phi) is 4.57. The van der Waals surface area contributed by atoms with Gasteiger partial charge in [-0.2, -0.15) is 0 Å². The van der Waals surface area contributed by atoms with Crippen molar-refractivity contribution in [3.63, 3.8) is 0 Å². The summed E-state index contributed by atoms with van der Waals surface area (Å²) in [7, 11) is -0.278. The molecule has 0 unspecified atom stereocenters. The molecule has 0 spiro atoms. The molecule has 20 heavy (non-hydrogen) atoms. The van der Waals surface area contributed by atoms with Gasteiger partial charge in [-0.25, -0.2) is 0 Å². The van der Waals surface area contributed by atoms with Gasteiger partial charge >= 0.3 is 7.12 Å². The molecule has 1 saturated heterocycles. The Balaban J connectivity index is 2.17. The highest BCUT2D eigenvalue weighted by Crippen LogP contribution is 2.36. The largest absolute Gasteiger partial charge is 0.495 e. The fourth-order valence-electron chi connectivity index (χ4n) is 2.29. The van der Waals surface area contributed by atoms with Crippen LogP contribution in [0.25, 0.3) is 0 Å². The van der Waals surface area contributed by atoms with E-state index in [0.29, 0.717) is 0 Å². The normalized spacial score (nSPS) is 20.4. The van der Waals surface area contributed by atoms with E-state index in [4.69, 9.17) is 9.31 Å². The van der Waals surface area contributed by atoms with Gasteiger partial charge in [0.25, 0.3) is 0 Å². The summed E-state index contributed by atoms with van der Waals surface area (Å²) in [6, 6.07) is 8.36. The molecule has 1 aromatic rings. The predicted molar refractivity (Wildman–Crippen MR) is 84.2 cm³/mol. The zero-order valence-corrected chi connectivity index (χ0v) is 13.3. The second kappa shape index (κ2) is 5.88. The first-order valence-electron chi connectivity index (χ1n) is 7.51. The zero-order chi connectivity index (χ0) is 14.8. The van der Waals surface area contributed by atoms with Gasteiger partial charge in [-0.3, -0.25) is 0 Å². The van der Waals surface area contributed by atoms with E-state index in [-0.39, 0.29) is 18.3 Å². The highest BCUT2D eigenvalue weighted by Gasteiger charge is 2.52. The van der Waals surface area contributed by atoms with Crippen LogP contribution >= 0.6 is 0 Å². The summed E-state index contributed by atoms with van der Waals surface area (Å²) in [6.07, 6.45) is 1.14. The van der Waals surface area contributed by atoms with Crippen molar-refractivity contribution < 1.29 is 9.31 Å². The molecule has 0 radical (unpaired) electrons. The summed E-state index contributed by atoms with van der Waals surface area (Å²) in [5.41, 5.74) is 1.80. The molecule has 0 atom stereocenters. The van der Waals surface area contributed by atoms with Crippen LogP contribution in [0.3, 0.4) is 0 Å². The maximum absolute atomic E-state index is 6.15. The Hall–Kier alpha value is -0.835. The van der Waals surface area contributed by atoms with Crippen molar-refractivity contribution in [1.29, 1.82) is 0 Å². The average molecular weight is 275 g/mol. The van der Waals surface area contributed by atoms with E-state index in [1.54, 1.807) is 0 Å². The van der Waals surface area contributed by atoms with Crippen molar-refractivity contribution >= 4 is 12.6 Å². The molecule has 0 aliphatic carbocycles. The smallest absolute Gasteiger partial charge is 0.399 e. The summed E-state index contributed by atoms with van der Waals surface area (Å²) in [5, 5.41) is 3.45. The summed E-state index contributed by atoms with van der Waals surface area (Å²) in [6.45, 7) is 12.4. The van der Waals surface area contributed by atoms with Crippen LogP contribution in [0.2, 0.25) is 0 Å². The molecule has 110 valence electrons. The SMILES string of the molecule is CCCNCc1ccccc1B1OC(C)(C)C(C)(C)O1. The number of rotatable bonds is 5. The van der Waals surface area contributed by atoms with Gasteiger partial charge in [0, 0.05) is 6.54 Å². The third-order valence-corrected chi connectivity index (χ3v) is 4.30. The van der Waals surface area contributed by atoms with Crippen LogP contribution < -0.4 is 10.8 Å². The molecular weight excluding hydrogens is 249 g/mol. The Morgan fingerprint density at radius 1 is 1.05 bits per heavy atom. The van der Waals surface area contributed by atoms with Crippen LogP contribution in [0.4, 0.5) is 0 Å². The summed E-state index contributed by atoms with van der Waals surface area (Å²) >= 11 is 0. The average Bonchev–Trinajstić information content (AvgIpc) is 2.59. The lowest BCUT2D eigenvalue weighted by Crippen LogP contribution is -2.41. The minimum Gasteiger partial charge on any atom is -0.399 e. The van der Waals surface area contributed by atoms with Crippen LogP contribution in [0.15, 0.2) is 24.3 Å². The molecule has 1 aliphatic heterocycles. The molecule has 1 aromatic carbocycles. The minimum atomic E-state index is -0.290. The van der Waals surface area contributed by atoms with E-state index < -0.39 is 0 Å². The van der Waals surface area contributed by atoms with Gasteiger partial charge in [-0.1, -0.05) is 31.2 Å². The molecule has 1 fully saturated rings. The fourth-order valence-corrected chi connectivity index (χ4v) is 2.29. The van der Waals surface area contributed by atoms with Crippen molar-refractivity contribution in [2.75, 3.05) is 6.54 Å². The van der Waals surface area contributed by atoms with Gasteiger partial charge in [0.05, 0.1) is 11.2 Å². The van der Waals surface area contributed by atoms with E-state index in [2.05, 4.69) is 58.1 Å². The third kappa shape index (κ3) is 3.08. The first-order valence-corrected chi connectivity index (χ1v) is 7.51. The maximum atomic E-state index is 6.15. The van der Waals surface area contributed by atoms with Gasteiger partial charge in [0.1, 0.15) is 0 Å². The Morgan fingerprint density at radius 3 is 2.25 bits per heavy atom. The Morgan fingerprint density at radius 2 is 1.65 bits per heavy atom. The van der Waals surface area contributed by atoms with E-state index in [1.807, 2.05) is 6.07 Å². The van der Waals surface area contributed by atoms with E-state index in [1.165, 1.54) is 5.56 Å². The van der Waals surface area contributed by atoms with Crippen molar-refractivity contribution in [1.82, 2.24) is 5.32 Å². The fraction of sp³-hybridized carbons (Fsp3) is 0.625. The molecule has 0 aromatic heterocycles. The first-order chi connectivity index (χ1) is 9.37. The molecule has 1 aliphatic rings. The van der Waals surface area contributed by atoms with E-state index in [0.717, 1.165) is 25.0 Å². The molecule has 1 N–H and O–H groups in total. The lowest BCUT2D eigenvalue weighted by atomic mass is 9.76. The van der Waals surface area contributed by atoms with Gasteiger partial charge in [-0.15, -0.1) is 0 Å². The molecule has 2 rings (SSSR count). The molecule has 0 saturated carbocycles. The van der Waals surface area contributed by atoms with Gasteiger partial charge < -0.3 is 14.6 Å². The monoisotopic (exact) mass is 275 g/mol. The molecule has 0 amide bonds. The second-order valence-corrected chi connectivity index (χ2v) is 6.46. The van der Waals surface area contributed by atoms with Gasteiger partial charge in [-0.05, 0) is 51.7 Å². The van der Waals surface area contributed by atoms with Crippen LogP contribution in [-0.2, 0) is 15.9 Å². The minimum absolute atomic E-state index is 0.278. The van der Waals surface area contributed by atoms with E-state index >= 15 is 0 Å². The molecule has 1 heterocycles. The number of nitrogens with one attached hydrogen (secondary N) is 1. The standard InChI is InChI=1S/C16H26BNO2/c1-6-11-18-12-13-9-7-8-10-14(13)17-19-15(2,3)16(4,5)20-17/h7-10,18H,6,11-12H2,1-5H3. The third-order valence-electron chi connectivity index (χ3n) is 4.30. The topological polar surface area (TPSA) is 30.5 Å². The summed E-state index contributed by atoms with van der Waals surface area (Å²) < 4.78 is 12.3. The van der Waals surface area contributed by atoms with Crippen LogP contribution in [0.1, 0.15) is 46.6 Å². The summed E-state index contributed by atoms with van der Waals surface area (Å²) in [5.74, 6) is 0. The maximum Gasteiger partial charge on any atom is 0.495 e. The highest BCUT2D eigenvalue weighted by atomic mass is 16.7.